The van der Waals surface area contributed by atoms with Gasteiger partial charge in [0.2, 0.25) is 0 Å². The smallest absolute Gasteiger partial charge is 0.121 e. The van der Waals surface area contributed by atoms with Gasteiger partial charge in [0.15, 0.2) is 0 Å². The van der Waals surface area contributed by atoms with Crippen molar-refractivity contribution in [2.24, 2.45) is 0 Å². The molecule has 0 radical (unpaired) electrons. The maximum absolute atomic E-state index is 9.91. The first kappa shape index (κ1) is 11.3. The minimum Gasteiger partial charge on any atom is -0.507 e. The lowest BCUT2D eigenvalue weighted by Crippen LogP contribution is -2.24. The van der Waals surface area contributed by atoms with E-state index < -0.39 is 8.07 Å². The van der Waals surface area contributed by atoms with Gasteiger partial charge in [-0.3, -0.25) is 0 Å². The van der Waals surface area contributed by atoms with E-state index in [1.54, 1.807) is 0 Å². The molecule has 0 bridgehead atoms. The monoisotopic (exact) mass is 208 g/mol. The van der Waals surface area contributed by atoms with Crippen LogP contribution in [0.15, 0.2) is 12.1 Å². The van der Waals surface area contributed by atoms with Gasteiger partial charge in [-0.25, -0.2) is 0 Å². The van der Waals surface area contributed by atoms with E-state index in [0.29, 0.717) is 5.75 Å². The fourth-order valence-corrected chi connectivity index (χ4v) is 3.17. The highest BCUT2D eigenvalue weighted by molar-refractivity contribution is 6.75. The fourth-order valence-electron chi connectivity index (χ4n) is 1.75. The van der Waals surface area contributed by atoms with Gasteiger partial charge in [0.25, 0.3) is 0 Å². The number of benzene rings is 1. The van der Waals surface area contributed by atoms with Crippen molar-refractivity contribution < 1.29 is 5.11 Å². The van der Waals surface area contributed by atoms with Crippen molar-refractivity contribution in [2.75, 3.05) is 0 Å². The van der Waals surface area contributed by atoms with Gasteiger partial charge in [-0.1, -0.05) is 37.3 Å². The Balaban J connectivity index is 3.09. The summed E-state index contributed by atoms with van der Waals surface area (Å²) in [4.78, 5) is 0. The summed E-state index contributed by atoms with van der Waals surface area (Å²) in [6.45, 7) is 11.0. The Hall–Kier alpha value is -0.763. The number of phenols is 1. The van der Waals surface area contributed by atoms with Crippen molar-refractivity contribution in [3.05, 3.63) is 28.8 Å². The van der Waals surface area contributed by atoms with Gasteiger partial charge >= 0.3 is 0 Å². The standard InChI is InChI=1S/C12H20OSi/c1-9-6-10(2)12(13)11(7-9)8-14(3,4)5/h6-7,13H,8H2,1-5H3. The second-order valence-electron chi connectivity index (χ2n) is 5.33. The molecule has 0 aromatic heterocycles. The van der Waals surface area contributed by atoms with Crippen molar-refractivity contribution in [1.29, 1.82) is 0 Å². The summed E-state index contributed by atoms with van der Waals surface area (Å²) >= 11 is 0. The third kappa shape index (κ3) is 2.88. The molecule has 0 fully saturated rings. The Morgan fingerprint density at radius 3 is 2.21 bits per heavy atom. The number of phenolic OH excluding ortho intramolecular Hbond substituents is 1. The molecule has 0 aliphatic rings. The topological polar surface area (TPSA) is 20.2 Å². The molecule has 0 unspecified atom stereocenters. The second kappa shape index (κ2) is 3.77. The summed E-state index contributed by atoms with van der Waals surface area (Å²) in [5.41, 5.74) is 3.37. The Morgan fingerprint density at radius 1 is 1.14 bits per heavy atom. The maximum atomic E-state index is 9.91. The molecule has 0 amide bonds. The van der Waals surface area contributed by atoms with Crippen LogP contribution in [0, 0.1) is 13.8 Å². The largest absolute Gasteiger partial charge is 0.507 e. The molecule has 0 aliphatic carbocycles. The molecule has 1 aromatic rings. The predicted molar refractivity (Wildman–Crippen MR) is 64.6 cm³/mol. The molecule has 0 spiro atoms. The van der Waals surface area contributed by atoms with E-state index >= 15 is 0 Å². The highest BCUT2D eigenvalue weighted by Crippen LogP contribution is 2.26. The van der Waals surface area contributed by atoms with Gasteiger partial charge < -0.3 is 5.11 Å². The van der Waals surface area contributed by atoms with Crippen molar-refractivity contribution in [2.45, 2.75) is 39.5 Å². The minimum absolute atomic E-state index is 0.498. The Labute approximate surface area is 87.8 Å². The lowest BCUT2D eigenvalue weighted by Gasteiger charge is -2.18. The van der Waals surface area contributed by atoms with E-state index in [9.17, 15) is 5.11 Å². The summed E-state index contributed by atoms with van der Waals surface area (Å²) in [5, 5.41) is 9.91. The zero-order chi connectivity index (χ0) is 10.9. The van der Waals surface area contributed by atoms with Crippen molar-refractivity contribution in [3.8, 4) is 5.75 Å². The fraction of sp³-hybridized carbons (Fsp3) is 0.500. The SMILES string of the molecule is Cc1cc(C)c(O)c(C[Si](C)(C)C)c1. The Bertz CT molecular complexity index is 337. The van der Waals surface area contributed by atoms with Crippen LogP contribution in [0.2, 0.25) is 19.6 Å². The van der Waals surface area contributed by atoms with Gasteiger partial charge in [-0.05, 0) is 31.0 Å². The van der Waals surface area contributed by atoms with Crippen molar-refractivity contribution in [1.82, 2.24) is 0 Å². The molecule has 1 nitrogen and oxygen atoms in total. The molecule has 1 aromatic carbocycles. The average Bonchev–Trinajstić information content (AvgIpc) is 1.96. The molecule has 0 atom stereocenters. The van der Waals surface area contributed by atoms with Crippen LogP contribution in [-0.2, 0) is 6.04 Å². The molecule has 78 valence electrons. The quantitative estimate of drug-likeness (QED) is 0.738. The van der Waals surface area contributed by atoms with Crippen LogP contribution in [0.25, 0.3) is 0 Å². The molecular formula is C12H20OSi. The molecule has 0 saturated carbocycles. The summed E-state index contributed by atoms with van der Waals surface area (Å²) < 4.78 is 0. The first-order valence-corrected chi connectivity index (χ1v) is 8.79. The zero-order valence-corrected chi connectivity index (χ0v) is 10.8. The van der Waals surface area contributed by atoms with Crippen LogP contribution in [0.1, 0.15) is 16.7 Å². The molecule has 0 heterocycles. The van der Waals surface area contributed by atoms with Crippen LogP contribution in [-0.4, -0.2) is 13.2 Å². The normalized spacial score (nSPS) is 11.8. The highest BCUT2D eigenvalue weighted by Gasteiger charge is 2.17. The van der Waals surface area contributed by atoms with E-state index in [2.05, 4.69) is 32.6 Å². The number of rotatable bonds is 2. The van der Waals surface area contributed by atoms with Crippen molar-refractivity contribution in [3.63, 3.8) is 0 Å². The van der Waals surface area contributed by atoms with E-state index in [4.69, 9.17) is 0 Å². The van der Waals surface area contributed by atoms with Gasteiger partial charge in [-0.2, -0.15) is 0 Å². The lowest BCUT2D eigenvalue weighted by molar-refractivity contribution is 0.466. The zero-order valence-electron chi connectivity index (χ0n) is 9.81. The number of hydrogen-bond donors (Lipinski definition) is 1. The van der Waals surface area contributed by atoms with Gasteiger partial charge in [0.05, 0.1) is 0 Å². The van der Waals surface area contributed by atoms with Gasteiger partial charge in [0.1, 0.15) is 5.75 Å². The molecule has 0 aliphatic heterocycles. The van der Waals surface area contributed by atoms with Crippen LogP contribution in [0.3, 0.4) is 0 Å². The Kier molecular flexibility index (Phi) is 3.05. The maximum Gasteiger partial charge on any atom is 0.121 e. The van der Waals surface area contributed by atoms with E-state index in [0.717, 1.165) is 17.2 Å². The molecule has 14 heavy (non-hydrogen) atoms. The van der Waals surface area contributed by atoms with E-state index in [1.165, 1.54) is 5.56 Å². The second-order valence-corrected chi connectivity index (χ2v) is 10.8. The summed E-state index contributed by atoms with van der Waals surface area (Å²) in [6, 6.07) is 5.20. The predicted octanol–water partition coefficient (Wildman–Crippen LogP) is 3.43. The third-order valence-corrected chi connectivity index (χ3v) is 3.69. The molecule has 2 heteroatoms. The lowest BCUT2D eigenvalue weighted by atomic mass is 10.1. The molecule has 1 N–H and O–H groups in total. The molecular weight excluding hydrogens is 188 g/mol. The van der Waals surface area contributed by atoms with Crippen LogP contribution in [0.5, 0.6) is 5.75 Å². The minimum atomic E-state index is -1.14. The van der Waals surface area contributed by atoms with Crippen LogP contribution < -0.4 is 0 Å². The van der Waals surface area contributed by atoms with E-state index in [-0.39, 0.29) is 0 Å². The van der Waals surface area contributed by atoms with Gasteiger partial charge in [-0.15, -0.1) is 0 Å². The van der Waals surface area contributed by atoms with Crippen LogP contribution in [0.4, 0.5) is 0 Å². The summed E-state index contributed by atoms with van der Waals surface area (Å²) in [6.07, 6.45) is 0. The summed E-state index contributed by atoms with van der Waals surface area (Å²) in [5.74, 6) is 0.498. The number of aryl methyl sites for hydroxylation is 2. The highest BCUT2D eigenvalue weighted by atomic mass is 28.3. The molecule has 1 rings (SSSR count). The Morgan fingerprint density at radius 2 is 1.71 bits per heavy atom. The van der Waals surface area contributed by atoms with Gasteiger partial charge in [0, 0.05) is 8.07 Å². The number of hydrogen-bond acceptors (Lipinski definition) is 1. The molecule has 0 saturated heterocycles. The van der Waals surface area contributed by atoms with Crippen LogP contribution >= 0.6 is 0 Å². The first-order chi connectivity index (χ1) is 6.29. The average molecular weight is 208 g/mol. The van der Waals surface area contributed by atoms with E-state index in [1.807, 2.05) is 13.0 Å². The summed E-state index contributed by atoms with van der Waals surface area (Å²) in [7, 11) is -1.14. The first-order valence-electron chi connectivity index (χ1n) is 5.09. The van der Waals surface area contributed by atoms with Crippen molar-refractivity contribution >= 4 is 8.07 Å². The number of aromatic hydroxyl groups is 1. The third-order valence-electron chi connectivity index (χ3n) is 2.24.